The summed E-state index contributed by atoms with van der Waals surface area (Å²) >= 11 is 0. The molecule has 2 aliphatic rings. The smallest absolute Gasteiger partial charge is 0.167 e. The van der Waals surface area contributed by atoms with Gasteiger partial charge in [-0.15, -0.1) is 0 Å². The van der Waals surface area contributed by atoms with Crippen molar-refractivity contribution in [3.63, 3.8) is 0 Å². The Morgan fingerprint density at radius 3 is 2.62 bits per heavy atom. The predicted molar refractivity (Wildman–Crippen MR) is 161 cm³/mol. The van der Waals surface area contributed by atoms with Crippen LogP contribution >= 0.6 is 0 Å². The van der Waals surface area contributed by atoms with Crippen LogP contribution in [0.1, 0.15) is 71.5 Å². The first kappa shape index (κ1) is 30.3. The maximum atomic E-state index is 10.9. The zero-order chi connectivity index (χ0) is 29.1. The van der Waals surface area contributed by atoms with Crippen LogP contribution in [0.15, 0.2) is 30.9 Å². The Labute approximate surface area is 245 Å². The van der Waals surface area contributed by atoms with E-state index < -0.39 is 24.5 Å². The summed E-state index contributed by atoms with van der Waals surface area (Å²) in [6.07, 6.45) is 3.63. The van der Waals surface area contributed by atoms with Crippen molar-refractivity contribution >= 4 is 28.0 Å². The molecule has 12 heteroatoms. The SMILES string of the molecule is CC(C)N(C[C@H]1O[C@@H](n2cnc3c(N)ncnc32)[C@H](O)[C@@H]1O)[C@H]1C[C@H](CCc2nc3cc(C(C)(C)C)ccc3[nH]2)C1.O. The summed E-state index contributed by atoms with van der Waals surface area (Å²) < 4.78 is 7.86. The van der Waals surface area contributed by atoms with Crippen molar-refractivity contribution in [1.82, 2.24) is 34.4 Å². The number of ether oxygens (including phenoxy) is 1. The molecular weight excluding hydrogens is 536 g/mol. The van der Waals surface area contributed by atoms with Gasteiger partial charge < -0.3 is 31.1 Å². The second-order valence-corrected chi connectivity index (χ2v) is 13.1. The summed E-state index contributed by atoms with van der Waals surface area (Å²) in [6.45, 7) is 11.6. The van der Waals surface area contributed by atoms with Crippen LogP contribution < -0.4 is 5.73 Å². The average Bonchev–Trinajstić information content (AvgIpc) is 3.58. The number of aryl methyl sites for hydroxylation is 1. The van der Waals surface area contributed by atoms with E-state index in [1.807, 2.05) is 0 Å². The van der Waals surface area contributed by atoms with Gasteiger partial charge in [-0.05, 0) is 62.1 Å². The molecule has 228 valence electrons. The molecule has 3 aromatic heterocycles. The van der Waals surface area contributed by atoms with E-state index in [-0.39, 0.29) is 22.8 Å². The third kappa shape index (κ3) is 5.61. The number of hydrogen-bond acceptors (Lipinski definition) is 9. The van der Waals surface area contributed by atoms with Crippen LogP contribution in [0.3, 0.4) is 0 Å². The quantitative estimate of drug-likeness (QED) is 0.243. The van der Waals surface area contributed by atoms with Crippen molar-refractivity contribution in [3.8, 4) is 0 Å². The van der Waals surface area contributed by atoms with E-state index in [0.717, 1.165) is 42.5 Å². The summed E-state index contributed by atoms with van der Waals surface area (Å²) in [5, 5.41) is 21.8. The van der Waals surface area contributed by atoms with Gasteiger partial charge in [0, 0.05) is 25.0 Å². The topological polar surface area (TPSA) is 183 Å². The van der Waals surface area contributed by atoms with Gasteiger partial charge in [0.1, 0.15) is 36.0 Å². The second-order valence-electron chi connectivity index (χ2n) is 13.1. The van der Waals surface area contributed by atoms with Crippen LogP contribution in [-0.2, 0) is 16.6 Å². The highest BCUT2D eigenvalue weighted by molar-refractivity contribution is 5.81. The Morgan fingerprint density at radius 1 is 1.14 bits per heavy atom. The van der Waals surface area contributed by atoms with E-state index in [1.165, 1.54) is 18.2 Å². The molecule has 0 amide bonds. The standard InChI is InChI=1S/C30H42N8O3.H2O/c1-16(2)37(13-22-25(39)26(40)29(41-22)38-15-34-24-27(31)32-14-33-28(24)38)19-10-17(11-19)6-9-23-35-20-8-7-18(30(3,4)5)12-21(20)36-23;/h7-8,12,14-17,19,22,25-26,29,39-40H,6,9-11,13H2,1-5H3,(H,35,36)(H2,31,32,33);1H2/t17-,19-,22-,25-,26-,29-;/m1./s1. The van der Waals surface area contributed by atoms with Crippen LogP contribution in [0.2, 0.25) is 0 Å². The van der Waals surface area contributed by atoms with Crippen molar-refractivity contribution in [2.24, 2.45) is 5.92 Å². The van der Waals surface area contributed by atoms with Crippen molar-refractivity contribution < 1.29 is 20.4 Å². The third-order valence-corrected chi connectivity index (χ3v) is 8.92. The molecule has 6 rings (SSSR count). The van der Waals surface area contributed by atoms with E-state index >= 15 is 0 Å². The third-order valence-electron chi connectivity index (χ3n) is 8.92. The van der Waals surface area contributed by atoms with Crippen molar-refractivity contribution in [3.05, 3.63) is 42.2 Å². The number of imidazole rings is 2. The molecule has 1 aromatic carbocycles. The first-order valence-electron chi connectivity index (χ1n) is 14.7. The number of aromatic amines is 1. The number of aliphatic hydroxyl groups excluding tert-OH is 2. The number of rotatable bonds is 8. The molecule has 1 saturated heterocycles. The Bertz CT molecular complexity index is 1520. The first-order valence-corrected chi connectivity index (χ1v) is 14.7. The molecule has 2 fully saturated rings. The number of aromatic nitrogens is 6. The van der Waals surface area contributed by atoms with Crippen LogP contribution in [0.25, 0.3) is 22.2 Å². The maximum absolute atomic E-state index is 10.9. The van der Waals surface area contributed by atoms with Gasteiger partial charge in [-0.2, -0.15) is 0 Å². The number of anilines is 1. The molecule has 42 heavy (non-hydrogen) atoms. The highest BCUT2D eigenvalue weighted by Crippen LogP contribution is 2.38. The monoisotopic (exact) mass is 580 g/mol. The number of hydrogen-bond donors (Lipinski definition) is 4. The molecule has 1 aliphatic heterocycles. The number of H-pyrrole nitrogens is 1. The zero-order valence-electron chi connectivity index (χ0n) is 25.0. The van der Waals surface area contributed by atoms with Gasteiger partial charge in [0.25, 0.3) is 0 Å². The Morgan fingerprint density at radius 2 is 1.90 bits per heavy atom. The number of fused-ring (bicyclic) bond motifs is 2. The molecule has 0 radical (unpaired) electrons. The van der Waals surface area contributed by atoms with Crippen molar-refractivity contribution in [1.29, 1.82) is 0 Å². The summed E-state index contributed by atoms with van der Waals surface area (Å²) in [5.41, 5.74) is 10.4. The minimum absolute atomic E-state index is 0. The lowest BCUT2D eigenvalue weighted by atomic mass is 9.76. The van der Waals surface area contributed by atoms with E-state index in [4.69, 9.17) is 15.5 Å². The van der Waals surface area contributed by atoms with E-state index in [9.17, 15) is 10.2 Å². The lowest BCUT2D eigenvalue weighted by molar-refractivity contribution is -0.0620. The van der Waals surface area contributed by atoms with Crippen LogP contribution in [0.4, 0.5) is 5.82 Å². The largest absolute Gasteiger partial charge is 0.412 e. The zero-order valence-corrected chi connectivity index (χ0v) is 25.0. The fourth-order valence-electron chi connectivity index (χ4n) is 6.35. The fourth-order valence-corrected chi connectivity index (χ4v) is 6.35. The molecule has 4 atom stereocenters. The predicted octanol–water partition coefficient (Wildman–Crippen LogP) is 2.50. The number of nitrogen functional groups attached to an aromatic ring is 1. The minimum atomic E-state index is -1.11. The number of nitrogens with one attached hydrogen (secondary N) is 1. The lowest BCUT2D eigenvalue weighted by Gasteiger charge is -2.46. The minimum Gasteiger partial charge on any atom is -0.412 e. The van der Waals surface area contributed by atoms with Crippen LogP contribution in [0, 0.1) is 5.92 Å². The molecule has 7 N–H and O–H groups in total. The normalized spacial score (nSPS) is 26.3. The molecule has 4 aromatic rings. The van der Waals surface area contributed by atoms with Crippen LogP contribution in [0.5, 0.6) is 0 Å². The molecule has 1 aliphatic carbocycles. The molecular formula is C30H44N8O4. The van der Waals surface area contributed by atoms with Gasteiger partial charge in [0.15, 0.2) is 17.7 Å². The van der Waals surface area contributed by atoms with Gasteiger partial charge in [-0.3, -0.25) is 9.47 Å². The molecule has 4 heterocycles. The number of nitrogens with zero attached hydrogens (tertiary/aromatic N) is 6. The van der Waals surface area contributed by atoms with E-state index in [0.29, 0.717) is 29.7 Å². The van der Waals surface area contributed by atoms with Gasteiger partial charge in [0.05, 0.1) is 17.4 Å². The maximum Gasteiger partial charge on any atom is 0.167 e. The number of aliphatic hydroxyl groups is 2. The number of nitrogens with two attached hydrogens (primary N) is 1. The number of benzene rings is 1. The van der Waals surface area contributed by atoms with Gasteiger partial charge in [-0.25, -0.2) is 19.9 Å². The fraction of sp³-hybridized carbons (Fsp3) is 0.600. The van der Waals surface area contributed by atoms with Gasteiger partial charge >= 0.3 is 0 Å². The van der Waals surface area contributed by atoms with Crippen molar-refractivity contribution in [2.75, 3.05) is 12.3 Å². The first-order chi connectivity index (χ1) is 19.5. The molecule has 0 bridgehead atoms. The van der Waals surface area contributed by atoms with E-state index in [2.05, 4.69) is 77.7 Å². The Hall–Kier alpha value is -3.16. The Balaban J connectivity index is 0.00000353. The average molecular weight is 581 g/mol. The summed E-state index contributed by atoms with van der Waals surface area (Å²) in [5.74, 6) is 1.95. The van der Waals surface area contributed by atoms with Crippen LogP contribution in [-0.4, -0.2) is 87.0 Å². The van der Waals surface area contributed by atoms with Crippen molar-refractivity contribution in [2.45, 2.75) is 102 Å². The second kappa shape index (κ2) is 11.5. The van der Waals surface area contributed by atoms with Gasteiger partial charge in [-0.1, -0.05) is 26.8 Å². The molecule has 12 nitrogen and oxygen atoms in total. The molecule has 1 saturated carbocycles. The lowest BCUT2D eigenvalue weighted by Crippen LogP contribution is -2.52. The summed E-state index contributed by atoms with van der Waals surface area (Å²) in [7, 11) is 0. The highest BCUT2D eigenvalue weighted by atomic mass is 16.6. The highest BCUT2D eigenvalue weighted by Gasteiger charge is 2.46. The molecule has 0 spiro atoms. The summed E-state index contributed by atoms with van der Waals surface area (Å²) in [6, 6.07) is 7.23. The van der Waals surface area contributed by atoms with E-state index in [1.54, 1.807) is 4.57 Å². The van der Waals surface area contributed by atoms with Gasteiger partial charge in [0.2, 0.25) is 0 Å². The summed E-state index contributed by atoms with van der Waals surface area (Å²) in [4.78, 5) is 23.3. The molecule has 0 unspecified atom stereocenters. The Kier molecular flexibility index (Phi) is 8.29.